The van der Waals surface area contributed by atoms with E-state index < -0.39 is 0 Å². The normalized spacial score (nSPS) is 11.9. The molecule has 0 amide bonds. The van der Waals surface area contributed by atoms with Gasteiger partial charge >= 0.3 is 185 Å². The third-order valence-corrected chi connectivity index (χ3v) is 8.86. The van der Waals surface area contributed by atoms with Crippen molar-refractivity contribution in [3.05, 3.63) is 110 Å². The van der Waals surface area contributed by atoms with Gasteiger partial charge in [-0.3, -0.25) is 0 Å². The van der Waals surface area contributed by atoms with Gasteiger partial charge in [-0.15, -0.1) is 0 Å². The summed E-state index contributed by atoms with van der Waals surface area (Å²) in [6.07, 6.45) is 0. The zero-order valence-corrected chi connectivity index (χ0v) is 19.0. The summed E-state index contributed by atoms with van der Waals surface area (Å²) in [5, 5.41) is 4.47. The third-order valence-electron chi connectivity index (χ3n) is 4.31. The number of rotatable bonds is 5. The molecule has 27 heavy (non-hydrogen) atoms. The second kappa shape index (κ2) is 8.66. The number of hydrogen-bond donors (Lipinski definition) is 1. The van der Waals surface area contributed by atoms with Gasteiger partial charge in [-0.25, -0.2) is 0 Å². The second-order valence-corrected chi connectivity index (χ2v) is 10.1. The van der Waals surface area contributed by atoms with Crippen LogP contribution in [0.2, 0.25) is 5.02 Å². The SMILES string of the molecule is Clc1ccc(NC(c2ccccc2)c2cc(I)c(-c3ccccc3)[se]2)cc1. The Hall–Kier alpha value is -1.52. The van der Waals surface area contributed by atoms with Crippen molar-refractivity contribution in [3.8, 4) is 10.0 Å². The van der Waals surface area contributed by atoms with Crippen LogP contribution in [0.4, 0.5) is 5.69 Å². The molecule has 0 aliphatic carbocycles. The van der Waals surface area contributed by atoms with Crippen molar-refractivity contribution in [3.63, 3.8) is 0 Å². The molecule has 0 saturated carbocycles. The molecule has 0 radical (unpaired) electrons. The van der Waals surface area contributed by atoms with Gasteiger partial charge in [0.15, 0.2) is 0 Å². The molecular formula is C23H17ClINSe. The van der Waals surface area contributed by atoms with E-state index in [1.54, 1.807) is 0 Å². The molecule has 1 aromatic heterocycles. The van der Waals surface area contributed by atoms with Gasteiger partial charge in [-0.05, 0) is 0 Å². The zero-order valence-electron chi connectivity index (χ0n) is 14.4. The summed E-state index contributed by atoms with van der Waals surface area (Å²) in [4.78, 5) is 0. The maximum absolute atomic E-state index is 6.05. The number of halogens is 2. The summed E-state index contributed by atoms with van der Waals surface area (Å²) in [6.45, 7) is 0. The van der Waals surface area contributed by atoms with Crippen molar-refractivity contribution in [2.24, 2.45) is 0 Å². The monoisotopic (exact) mass is 549 g/mol. The van der Waals surface area contributed by atoms with Crippen LogP contribution in [0.1, 0.15) is 16.0 Å². The molecule has 0 aliphatic heterocycles. The van der Waals surface area contributed by atoms with Crippen LogP contribution in [-0.2, 0) is 0 Å². The molecule has 1 unspecified atom stereocenters. The van der Waals surface area contributed by atoms with E-state index in [4.69, 9.17) is 11.6 Å². The van der Waals surface area contributed by atoms with E-state index in [1.807, 2.05) is 24.3 Å². The van der Waals surface area contributed by atoms with Crippen molar-refractivity contribution < 1.29 is 0 Å². The summed E-state index contributed by atoms with van der Waals surface area (Å²) in [7, 11) is 0. The number of anilines is 1. The molecule has 134 valence electrons. The molecule has 0 aliphatic rings. The van der Waals surface area contributed by atoms with E-state index >= 15 is 0 Å². The van der Waals surface area contributed by atoms with Crippen LogP contribution in [-0.4, -0.2) is 14.5 Å². The van der Waals surface area contributed by atoms with Crippen LogP contribution in [0.3, 0.4) is 0 Å². The molecule has 4 rings (SSSR count). The summed E-state index contributed by atoms with van der Waals surface area (Å²) in [5.41, 5.74) is 3.68. The molecule has 0 spiro atoms. The molecule has 1 atom stereocenters. The predicted molar refractivity (Wildman–Crippen MR) is 125 cm³/mol. The van der Waals surface area contributed by atoms with Crippen molar-refractivity contribution in [2.45, 2.75) is 6.04 Å². The molecule has 1 nitrogen and oxygen atoms in total. The van der Waals surface area contributed by atoms with Gasteiger partial charge in [-0.1, -0.05) is 0 Å². The average molecular weight is 549 g/mol. The van der Waals surface area contributed by atoms with Crippen LogP contribution in [0.15, 0.2) is 91.0 Å². The third kappa shape index (κ3) is 4.49. The summed E-state index contributed by atoms with van der Waals surface area (Å²) in [6, 6.07) is 31.8. The minimum absolute atomic E-state index is 0.151. The molecule has 1 N–H and O–H groups in total. The average Bonchev–Trinajstić information content (AvgIpc) is 3.10. The van der Waals surface area contributed by atoms with Gasteiger partial charge in [0.25, 0.3) is 0 Å². The van der Waals surface area contributed by atoms with Crippen LogP contribution in [0.25, 0.3) is 10.0 Å². The Balaban J connectivity index is 1.74. The van der Waals surface area contributed by atoms with Crippen molar-refractivity contribution in [1.29, 1.82) is 0 Å². The van der Waals surface area contributed by atoms with Crippen LogP contribution >= 0.6 is 34.2 Å². The fourth-order valence-corrected chi connectivity index (χ4v) is 7.19. The Morgan fingerprint density at radius 1 is 0.815 bits per heavy atom. The number of hydrogen-bond acceptors (Lipinski definition) is 1. The first-order valence-corrected chi connectivity index (χ1v) is 11.8. The van der Waals surface area contributed by atoms with Gasteiger partial charge < -0.3 is 0 Å². The van der Waals surface area contributed by atoms with Crippen LogP contribution < -0.4 is 5.32 Å². The standard InChI is InChI=1S/C23H17ClINSe/c24-18-11-13-19(14-12-18)26-22(16-7-3-1-4-8-16)21-15-20(25)23(27-21)17-9-5-2-6-10-17/h1-15,22,26H. The molecule has 0 fully saturated rings. The van der Waals surface area contributed by atoms with Gasteiger partial charge in [0.2, 0.25) is 0 Å². The van der Waals surface area contributed by atoms with Gasteiger partial charge in [0.1, 0.15) is 0 Å². The Bertz CT molecular complexity index is 1010. The second-order valence-electron chi connectivity index (χ2n) is 6.19. The van der Waals surface area contributed by atoms with Gasteiger partial charge in [0, 0.05) is 0 Å². The molecular weight excluding hydrogens is 532 g/mol. The maximum atomic E-state index is 6.05. The van der Waals surface area contributed by atoms with E-state index in [2.05, 4.69) is 94.6 Å². The molecule has 0 saturated heterocycles. The minimum atomic E-state index is 0.151. The Morgan fingerprint density at radius 2 is 1.44 bits per heavy atom. The quantitative estimate of drug-likeness (QED) is 0.212. The van der Waals surface area contributed by atoms with Crippen LogP contribution in [0.5, 0.6) is 0 Å². The Morgan fingerprint density at radius 3 is 2.11 bits per heavy atom. The Labute approximate surface area is 184 Å². The molecule has 1 heterocycles. The van der Waals surface area contributed by atoms with Gasteiger partial charge in [-0.2, -0.15) is 0 Å². The summed E-state index contributed by atoms with van der Waals surface area (Å²) < 4.78 is 4.23. The van der Waals surface area contributed by atoms with Crippen molar-refractivity contribution in [2.75, 3.05) is 5.32 Å². The summed E-state index contributed by atoms with van der Waals surface area (Å²) in [5.74, 6) is 0. The predicted octanol–water partition coefficient (Wildman–Crippen LogP) is 6.87. The number of benzene rings is 3. The Kier molecular flexibility index (Phi) is 6.04. The summed E-state index contributed by atoms with van der Waals surface area (Å²) >= 11 is 8.80. The van der Waals surface area contributed by atoms with Crippen molar-refractivity contribution in [1.82, 2.24) is 0 Å². The first kappa shape index (κ1) is 18.8. The molecule has 4 aromatic rings. The number of nitrogens with one attached hydrogen (secondary N) is 1. The topological polar surface area (TPSA) is 12.0 Å². The van der Waals surface area contributed by atoms with Crippen LogP contribution in [0, 0.1) is 3.57 Å². The van der Waals surface area contributed by atoms with E-state index in [-0.39, 0.29) is 20.5 Å². The van der Waals surface area contributed by atoms with E-state index in [0.29, 0.717) is 0 Å². The fraction of sp³-hybridized carbons (Fsp3) is 0.0435. The molecule has 3 aromatic carbocycles. The van der Waals surface area contributed by atoms with Gasteiger partial charge in [0.05, 0.1) is 0 Å². The van der Waals surface area contributed by atoms with E-state index in [1.165, 1.54) is 23.6 Å². The fourth-order valence-electron chi connectivity index (χ4n) is 2.99. The van der Waals surface area contributed by atoms with Crippen molar-refractivity contribution >= 4 is 54.4 Å². The van der Waals surface area contributed by atoms with E-state index in [9.17, 15) is 0 Å². The van der Waals surface area contributed by atoms with E-state index in [0.717, 1.165) is 10.7 Å². The first-order valence-electron chi connectivity index (χ1n) is 8.62. The zero-order chi connectivity index (χ0) is 18.6. The molecule has 4 heteroatoms. The molecule has 0 bridgehead atoms. The first-order chi connectivity index (χ1) is 13.2.